The lowest BCUT2D eigenvalue weighted by atomic mass is 9.86. The van der Waals surface area contributed by atoms with E-state index in [2.05, 4.69) is 55.7 Å². The number of thiocarbonyl (C=S) groups is 1. The fourth-order valence-corrected chi connectivity index (χ4v) is 4.64. The maximum atomic E-state index is 11.0. The van der Waals surface area contributed by atoms with Crippen LogP contribution < -0.4 is 10.6 Å². The Labute approximate surface area is 198 Å². The van der Waals surface area contributed by atoms with E-state index < -0.39 is 5.97 Å². The van der Waals surface area contributed by atoms with E-state index in [-0.39, 0.29) is 6.42 Å². The Bertz CT molecular complexity index is 875. The zero-order valence-corrected chi connectivity index (χ0v) is 20.1. The molecule has 0 fully saturated rings. The molecular weight excluding hydrogens is 474 g/mol. The van der Waals surface area contributed by atoms with E-state index in [1.54, 1.807) is 0 Å². The van der Waals surface area contributed by atoms with Crippen molar-refractivity contribution < 1.29 is 9.90 Å². The smallest absolute Gasteiger partial charge is 0.303 e. The minimum Gasteiger partial charge on any atom is -0.481 e. The molecular formula is C24H30BrN3O2S. The predicted molar refractivity (Wildman–Crippen MR) is 134 cm³/mol. The topological polar surface area (TPSA) is 64.6 Å². The van der Waals surface area contributed by atoms with Gasteiger partial charge in [0, 0.05) is 35.7 Å². The SMILES string of the molecule is O=C(O)CCCN(CCCNC(=S)Nc1ccc(Br)cc1)[C@@H]1CCCc2ccccc21. The van der Waals surface area contributed by atoms with E-state index in [9.17, 15) is 4.79 Å². The van der Waals surface area contributed by atoms with Crippen LogP contribution in [0.25, 0.3) is 0 Å². The summed E-state index contributed by atoms with van der Waals surface area (Å²) in [5.74, 6) is -0.727. The highest BCUT2D eigenvalue weighted by molar-refractivity contribution is 9.10. The highest BCUT2D eigenvalue weighted by atomic mass is 79.9. The second-order valence-electron chi connectivity index (χ2n) is 7.88. The normalized spacial score (nSPS) is 15.4. The van der Waals surface area contributed by atoms with Gasteiger partial charge in [-0.2, -0.15) is 0 Å². The zero-order chi connectivity index (χ0) is 22.1. The van der Waals surface area contributed by atoms with Gasteiger partial charge in [0.2, 0.25) is 0 Å². The predicted octanol–water partition coefficient (Wildman–Crippen LogP) is 5.37. The van der Waals surface area contributed by atoms with E-state index >= 15 is 0 Å². The van der Waals surface area contributed by atoms with Crippen LogP contribution in [0.2, 0.25) is 0 Å². The number of carboxylic acids is 1. The monoisotopic (exact) mass is 503 g/mol. The van der Waals surface area contributed by atoms with Crippen LogP contribution in [0, 0.1) is 0 Å². The quantitative estimate of drug-likeness (QED) is 0.299. The second-order valence-corrected chi connectivity index (χ2v) is 9.21. The molecule has 2 aromatic carbocycles. The van der Waals surface area contributed by atoms with Gasteiger partial charge in [0.05, 0.1) is 0 Å². The maximum Gasteiger partial charge on any atom is 0.303 e. The van der Waals surface area contributed by atoms with E-state index in [0.29, 0.717) is 17.6 Å². The molecule has 31 heavy (non-hydrogen) atoms. The van der Waals surface area contributed by atoms with Crippen LogP contribution in [0.3, 0.4) is 0 Å². The molecule has 0 aromatic heterocycles. The lowest BCUT2D eigenvalue weighted by Crippen LogP contribution is -2.36. The van der Waals surface area contributed by atoms with Gasteiger partial charge in [-0.25, -0.2) is 0 Å². The van der Waals surface area contributed by atoms with Crippen LogP contribution in [0.5, 0.6) is 0 Å². The number of halogens is 1. The van der Waals surface area contributed by atoms with Crippen molar-refractivity contribution in [1.82, 2.24) is 10.2 Å². The van der Waals surface area contributed by atoms with E-state index in [4.69, 9.17) is 17.3 Å². The van der Waals surface area contributed by atoms with Crippen LogP contribution >= 0.6 is 28.1 Å². The van der Waals surface area contributed by atoms with E-state index in [1.165, 1.54) is 17.5 Å². The number of carbonyl (C=O) groups is 1. The van der Waals surface area contributed by atoms with Crippen molar-refractivity contribution in [3.8, 4) is 0 Å². The second kappa shape index (κ2) is 12.2. The number of fused-ring (bicyclic) bond motifs is 1. The molecule has 0 saturated carbocycles. The Morgan fingerprint density at radius 1 is 1.13 bits per heavy atom. The number of rotatable bonds is 10. The number of nitrogens with one attached hydrogen (secondary N) is 2. The molecule has 166 valence electrons. The summed E-state index contributed by atoms with van der Waals surface area (Å²) >= 11 is 8.84. The van der Waals surface area contributed by atoms with Gasteiger partial charge in [0.15, 0.2) is 5.11 Å². The van der Waals surface area contributed by atoms with Gasteiger partial charge in [0.1, 0.15) is 0 Å². The fraction of sp³-hybridized carbons (Fsp3) is 0.417. The summed E-state index contributed by atoms with van der Waals surface area (Å²) in [6.45, 7) is 2.48. The van der Waals surface area contributed by atoms with E-state index in [0.717, 1.165) is 49.1 Å². The third-order valence-corrected chi connectivity index (χ3v) is 6.40. The Morgan fingerprint density at radius 2 is 1.87 bits per heavy atom. The van der Waals surface area contributed by atoms with Gasteiger partial charge in [-0.15, -0.1) is 0 Å². The third-order valence-electron chi connectivity index (χ3n) is 5.62. The third kappa shape index (κ3) is 7.59. The van der Waals surface area contributed by atoms with Gasteiger partial charge in [-0.05, 0) is 86.3 Å². The van der Waals surface area contributed by atoms with Crippen LogP contribution in [0.1, 0.15) is 49.3 Å². The first-order chi connectivity index (χ1) is 15.0. The molecule has 0 unspecified atom stereocenters. The molecule has 3 rings (SSSR count). The Kier molecular flexibility index (Phi) is 9.31. The molecule has 0 heterocycles. The van der Waals surface area contributed by atoms with Crippen LogP contribution in [-0.4, -0.2) is 40.7 Å². The summed E-state index contributed by atoms with van der Waals surface area (Å²) in [4.78, 5) is 13.5. The van der Waals surface area contributed by atoms with Crippen molar-refractivity contribution in [1.29, 1.82) is 0 Å². The average molecular weight is 504 g/mol. The molecule has 0 radical (unpaired) electrons. The molecule has 0 amide bonds. The summed E-state index contributed by atoms with van der Waals surface area (Å²) < 4.78 is 1.03. The number of aryl methyl sites for hydroxylation is 1. The first-order valence-electron chi connectivity index (χ1n) is 10.9. The zero-order valence-electron chi connectivity index (χ0n) is 17.6. The minimum atomic E-state index is -0.727. The van der Waals surface area contributed by atoms with Crippen molar-refractivity contribution in [3.63, 3.8) is 0 Å². The number of carboxylic acid groups (broad SMARTS) is 1. The molecule has 0 bridgehead atoms. The van der Waals surface area contributed by atoms with Crippen molar-refractivity contribution in [2.24, 2.45) is 0 Å². The largest absolute Gasteiger partial charge is 0.481 e. The number of hydrogen-bond acceptors (Lipinski definition) is 3. The van der Waals surface area contributed by atoms with Gasteiger partial charge in [-0.3, -0.25) is 9.69 Å². The highest BCUT2D eigenvalue weighted by Gasteiger charge is 2.25. The molecule has 0 saturated heterocycles. The van der Waals surface area contributed by atoms with Crippen molar-refractivity contribution >= 4 is 44.9 Å². The highest BCUT2D eigenvalue weighted by Crippen LogP contribution is 2.34. The first-order valence-corrected chi connectivity index (χ1v) is 12.1. The number of benzene rings is 2. The summed E-state index contributed by atoms with van der Waals surface area (Å²) in [6.07, 6.45) is 5.26. The summed E-state index contributed by atoms with van der Waals surface area (Å²) in [6, 6.07) is 16.9. The molecule has 0 aliphatic heterocycles. The van der Waals surface area contributed by atoms with Gasteiger partial charge in [0.25, 0.3) is 0 Å². The Hall–Kier alpha value is -1.96. The molecule has 7 heteroatoms. The van der Waals surface area contributed by atoms with Gasteiger partial charge < -0.3 is 15.7 Å². The molecule has 1 aliphatic rings. The first kappa shape index (κ1) is 23.7. The lowest BCUT2D eigenvalue weighted by molar-refractivity contribution is -0.137. The van der Waals surface area contributed by atoms with Crippen LogP contribution in [0.15, 0.2) is 53.0 Å². The van der Waals surface area contributed by atoms with Crippen LogP contribution in [0.4, 0.5) is 5.69 Å². The number of hydrogen-bond donors (Lipinski definition) is 3. The van der Waals surface area contributed by atoms with E-state index in [1.807, 2.05) is 24.3 Å². The Balaban J connectivity index is 1.52. The summed E-state index contributed by atoms with van der Waals surface area (Å²) in [5, 5.41) is 16.2. The fourth-order valence-electron chi connectivity index (χ4n) is 4.16. The van der Waals surface area contributed by atoms with Crippen molar-refractivity contribution in [2.45, 2.75) is 44.6 Å². The molecule has 5 nitrogen and oxygen atoms in total. The van der Waals surface area contributed by atoms with Crippen LogP contribution in [-0.2, 0) is 11.2 Å². The summed E-state index contributed by atoms with van der Waals surface area (Å²) in [7, 11) is 0. The van der Waals surface area contributed by atoms with Gasteiger partial charge >= 0.3 is 5.97 Å². The molecule has 3 N–H and O–H groups in total. The Morgan fingerprint density at radius 3 is 2.65 bits per heavy atom. The number of aliphatic carboxylic acids is 1. The lowest BCUT2D eigenvalue weighted by Gasteiger charge is -2.36. The molecule has 2 aromatic rings. The summed E-state index contributed by atoms with van der Waals surface area (Å²) in [5.41, 5.74) is 3.79. The molecule has 1 atom stereocenters. The van der Waals surface area contributed by atoms with Gasteiger partial charge in [-0.1, -0.05) is 40.2 Å². The minimum absolute atomic E-state index is 0.213. The van der Waals surface area contributed by atoms with Crippen molar-refractivity contribution in [3.05, 3.63) is 64.1 Å². The number of anilines is 1. The molecule has 0 spiro atoms. The number of nitrogens with zero attached hydrogens (tertiary/aromatic N) is 1. The average Bonchev–Trinajstić information content (AvgIpc) is 2.76. The molecule has 1 aliphatic carbocycles. The van der Waals surface area contributed by atoms with Crippen molar-refractivity contribution in [2.75, 3.05) is 25.0 Å². The standard InChI is InChI=1S/C24H30BrN3O2S/c25-19-11-13-20(14-12-19)27-24(31)26-15-5-17-28(16-4-10-23(29)30)22-9-3-7-18-6-1-2-8-21(18)22/h1-2,6,8,11-14,22H,3-5,7,9-10,15-17H2,(H,29,30)(H2,26,27,31)/t22-/m1/s1. The maximum absolute atomic E-state index is 11.0.